The molecule has 0 saturated carbocycles. The van der Waals surface area contributed by atoms with Crippen molar-refractivity contribution in [3.8, 4) is 5.75 Å². The van der Waals surface area contributed by atoms with Gasteiger partial charge in [-0.1, -0.05) is 19.1 Å². The average molecular weight is 312 g/mol. The third kappa shape index (κ3) is 3.36. The summed E-state index contributed by atoms with van der Waals surface area (Å²) in [6, 6.07) is 6.09. The molecule has 6 nitrogen and oxygen atoms in total. The molecule has 116 valence electrons. The lowest BCUT2D eigenvalue weighted by molar-refractivity contribution is -0.126. The molecule has 1 N–H and O–H groups in total. The Hall–Kier alpha value is -1.60. The number of carbonyl (C=O) groups excluding carboxylic acids is 1. The lowest BCUT2D eigenvalue weighted by atomic mass is 10.0. The van der Waals surface area contributed by atoms with Gasteiger partial charge in [-0.25, -0.2) is 8.42 Å². The molecule has 1 aromatic rings. The predicted molar refractivity (Wildman–Crippen MR) is 79.5 cm³/mol. The van der Waals surface area contributed by atoms with E-state index in [-0.39, 0.29) is 11.7 Å². The topological polar surface area (TPSA) is 75.7 Å². The molecule has 1 saturated heterocycles. The second-order valence-electron chi connectivity index (χ2n) is 4.89. The second-order valence-corrected chi connectivity index (χ2v) is 6.93. The monoisotopic (exact) mass is 312 g/mol. The molecule has 1 aliphatic heterocycles. The van der Waals surface area contributed by atoms with Gasteiger partial charge in [0.1, 0.15) is 11.8 Å². The first kappa shape index (κ1) is 15.8. The summed E-state index contributed by atoms with van der Waals surface area (Å²) in [4.78, 5) is 12.2. The van der Waals surface area contributed by atoms with Crippen LogP contribution in [-0.4, -0.2) is 44.6 Å². The number of methoxy groups -OCH3 is 1. The van der Waals surface area contributed by atoms with Crippen molar-refractivity contribution in [2.75, 3.05) is 26.0 Å². The van der Waals surface area contributed by atoms with E-state index in [4.69, 9.17) is 4.74 Å². The SMILES string of the molecule is CCCS(=O)(=O)N1CCNC(=O)C1c1ccc(OC)cc1. The molecule has 1 aromatic carbocycles. The molecule has 1 unspecified atom stereocenters. The van der Waals surface area contributed by atoms with Gasteiger partial charge in [-0.05, 0) is 24.1 Å². The van der Waals surface area contributed by atoms with Gasteiger partial charge in [0, 0.05) is 13.1 Å². The highest BCUT2D eigenvalue weighted by atomic mass is 32.2. The zero-order valence-electron chi connectivity index (χ0n) is 12.2. The van der Waals surface area contributed by atoms with E-state index in [1.54, 1.807) is 31.4 Å². The van der Waals surface area contributed by atoms with Crippen LogP contribution in [0.15, 0.2) is 24.3 Å². The lowest BCUT2D eigenvalue weighted by Crippen LogP contribution is -2.52. The van der Waals surface area contributed by atoms with Crippen molar-refractivity contribution in [2.24, 2.45) is 0 Å². The van der Waals surface area contributed by atoms with Crippen LogP contribution in [0.5, 0.6) is 5.75 Å². The lowest BCUT2D eigenvalue weighted by Gasteiger charge is -2.34. The Labute approximate surface area is 125 Å². The van der Waals surface area contributed by atoms with Gasteiger partial charge in [-0.2, -0.15) is 4.31 Å². The quantitative estimate of drug-likeness (QED) is 0.877. The first-order chi connectivity index (χ1) is 9.99. The average Bonchev–Trinajstić information content (AvgIpc) is 2.47. The second kappa shape index (κ2) is 6.44. The third-order valence-corrected chi connectivity index (χ3v) is 5.45. The van der Waals surface area contributed by atoms with Crippen LogP contribution in [-0.2, 0) is 14.8 Å². The molecular weight excluding hydrogens is 292 g/mol. The van der Waals surface area contributed by atoms with Crippen LogP contribution >= 0.6 is 0 Å². The minimum atomic E-state index is -3.44. The number of sulfonamides is 1. The largest absolute Gasteiger partial charge is 0.497 e. The standard InChI is InChI=1S/C14H20N2O4S/c1-3-10-21(18,19)16-9-8-15-14(17)13(16)11-4-6-12(20-2)7-5-11/h4-7,13H,3,8-10H2,1-2H3,(H,15,17). The van der Waals surface area contributed by atoms with E-state index in [2.05, 4.69) is 5.32 Å². The van der Waals surface area contributed by atoms with Crippen LogP contribution in [0.4, 0.5) is 0 Å². The summed E-state index contributed by atoms with van der Waals surface area (Å²) in [6.07, 6.45) is 0.524. The number of piperazine rings is 1. The summed E-state index contributed by atoms with van der Waals surface area (Å²) in [5, 5.41) is 2.73. The summed E-state index contributed by atoms with van der Waals surface area (Å²) in [5.74, 6) is 0.427. The van der Waals surface area contributed by atoms with E-state index in [9.17, 15) is 13.2 Å². The molecule has 0 radical (unpaired) electrons. The molecule has 0 bridgehead atoms. The van der Waals surface area contributed by atoms with Crippen LogP contribution in [0.25, 0.3) is 0 Å². The number of rotatable bonds is 5. The molecule has 0 spiro atoms. The van der Waals surface area contributed by atoms with E-state index in [0.29, 0.717) is 30.8 Å². The van der Waals surface area contributed by atoms with E-state index < -0.39 is 16.1 Å². The summed E-state index contributed by atoms with van der Waals surface area (Å²) >= 11 is 0. The third-order valence-electron chi connectivity index (χ3n) is 3.42. The summed E-state index contributed by atoms with van der Waals surface area (Å²) in [6.45, 7) is 2.45. The number of carbonyl (C=O) groups is 1. The minimum Gasteiger partial charge on any atom is -0.497 e. The number of nitrogens with zero attached hydrogens (tertiary/aromatic N) is 1. The zero-order valence-corrected chi connectivity index (χ0v) is 13.0. The van der Waals surface area contributed by atoms with Gasteiger partial charge in [-0.3, -0.25) is 4.79 Å². The molecule has 1 aliphatic rings. The van der Waals surface area contributed by atoms with Gasteiger partial charge in [0.15, 0.2) is 0 Å². The molecule has 2 rings (SSSR count). The predicted octanol–water partition coefficient (Wildman–Crippen LogP) is 0.908. The smallest absolute Gasteiger partial charge is 0.243 e. The Morgan fingerprint density at radius 2 is 2.00 bits per heavy atom. The first-order valence-corrected chi connectivity index (χ1v) is 8.51. The number of hydrogen-bond donors (Lipinski definition) is 1. The van der Waals surface area contributed by atoms with E-state index in [1.165, 1.54) is 4.31 Å². The fourth-order valence-electron chi connectivity index (χ4n) is 2.42. The molecule has 1 fully saturated rings. The Kier molecular flexibility index (Phi) is 4.84. The maximum absolute atomic E-state index is 12.4. The Morgan fingerprint density at radius 3 is 2.57 bits per heavy atom. The number of nitrogens with one attached hydrogen (secondary N) is 1. The summed E-state index contributed by atoms with van der Waals surface area (Å²) < 4.78 is 31.1. The molecule has 1 amide bonds. The van der Waals surface area contributed by atoms with E-state index in [0.717, 1.165) is 0 Å². The van der Waals surface area contributed by atoms with Gasteiger partial charge in [0.05, 0.1) is 12.9 Å². The molecule has 0 aromatic heterocycles. The van der Waals surface area contributed by atoms with E-state index >= 15 is 0 Å². The fraction of sp³-hybridized carbons (Fsp3) is 0.500. The Balaban J connectivity index is 2.36. The van der Waals surface area contributed by atoms with Crippen molar-refractivity contribution < 1.29 is 17.9 Å². The van der Waals surface area contributed by atoms with Crippen molar-refractivity contribution in [3.05, 3.63) is 29.8 Å². The van der Waals surface area contributed by atoms with Crippen molar-refractivity contribution in [1.29, 1.82) is 0 Å². The first-order valence-electron chi connectivity index (χ1n) is 6.90. The van der Waals surface area contributed by atoms with Gasteiger partial charge in [0.25, 0.3) is 0 Å². The molecular formula is C14H20N2O4S. The van der Waals surface area contributed by atoms with E-state index in [1.807, 2.05) is 6.92 Å². The number of benzene rings is 1. The van der Waals surface area contributed by atoms with Crippen LogP contribution < -0.4 is 10.1 Å². The highest BCUT2D eigenvalue weighted by molar-refractivity contribution is 7.89. The number of amides is 1. The Morgan fingerprint density at radius 1 is 1.33 bits per heavy atom. The molecule has 7 heteroatoms. The Bertz CT molecular complexity index is 598. The van der Waals surface area contributed by atoms with Crippen molar-refractivity contribution in [2.45, 2.75) is 19.4 Å². The van der Waals surface area contributed by atoms with Gasteiger partial charge in [-0.15, -0.1) is 0 Å². The van der Waals surface area contributed by atoms with Gasteiger partial charge < -0.3 is 10.1 Å². The molecule has 1 heterocycles. The zero-order chi connectivity index (χ0) is 15.5. The van der Waals surface area contributed by atoms with Crippen molar-refractivity contribution in [1.82, 2.24) is 9.62 Å². The number of hydrogen-bond acceptors (Lipinski definition) is 4. The summed E-state index contributed by atoms with van der Waals surface area (Å²) in [7, 11) is -1.88. The maximum Gasteiger partial charge on any atom is 0.243 e. The minimum absolute atomic E-state index is 0.0485. The molecule has 1 atom stereocenters. The molecule has 21 heavy (non-hydrogen) atoms. The van der Waals surface area contributed by atoms with Gasteiger partial charge >= 0.3 is 0 Å². The van der Waals surface area contributed by atoms with Gasteiger partial charge in [0.2, 0.25) is 15.9 Å². The highest BCUT2D eigenvalue weighted by Gasteiger charge is 2.38. The van der Waals surface area contributed by atoms with Crippen LogP contribution in [0.1, 0.15) is 24.9 Å². The van der Waals surface area contributed by atoms with Crippen LogP contribution in [0.3, 0.4) is 0 Å². The van der Waals surface area contributed by atoms with Crippen molar-refractivity contribution >= 4 is 15.9 Å². The highest BCUT2D eigenvalue weighted by Crippen LogP contribution is 2.28. The summed E-state index contributed by atoms with van der Waals surface area (Å²) in [5.41, 5.74) is 0.646. The fourth-order valence-corrected chi connectivity index (χ4v) is 4.08. The maximum atomic E-state index is 12.4. The van der Waals surface area contributed by atoms with Crippen LogP contribution in [0.2, 0.25) is 0 Å². The normalized spacial score (nSPS) is 20.1. The number of ether oxygens (including phenoxy) is 1. The van der Waals surface area contributed by atoms with Crippen LogP contribution in [0, 0.1) is 0 Å². The van der Waals surface area contributed by atoms with Crippen molar-refractivity contribution in [3.63, 3.8) is 0 Å². The molecule has 0 aliphatic carbocycles.